The molecule has 3 aromatic carbocycles. The van der Waals surface area contributed by atoms with Crippen LogP contribution in [0.2, 0.25) is 5.02 Å². The summed E-state index contributed by atoms with van der Waals surface area (Å²) in [5.41, 5.74) is 0.984. The third kappa shape index (κ3) is 5.82. The fourth-order valence-electron chi connectivity index (χ4n) is 2.89. The predicted octanol–water partition coefficient (Wildman–Crippen LogP) is 3.97. The standard InChI is InChI=1S/C23H21ClN2O6S/c1-26(20-5-3-4-6-21(20)31-2)33(29,30)19-13-7-16(8-14-19)23(28)32-15-22(27)25-18-11-9-17(24)10-12-18/h3-14H,15H2,1-2H3,(H,25,27). The van der Waals surface area contributed by atoms with Crippen molar-refractivity contribution < 1.29 is 27.5 Å². The summed E-state index contributed by atoms with van der Waals surface area (Å²) in [6.07, 6.45) is 0. The molecule has 0 heterocycles. The van der Waals surface area contributed by atoms with Crippen LogP contribution < -0.4 is 14.4 Å². The Labute approximate surface area is 196 Å². The number of esters is 1. The molecule has 1 amide bonds. The van der Waals surface area contributed by atoms with Gasteiger partial charge in [-0.15, -0.1) is 0 Å². The largest absolute Gasteiger partial charge is 0.495 e. The highest BCUT2D eigenvalue weighted by Crippen LogP contribution is 2.30. The van der Waals surface area contributed by atoms with Gasteiger partial charge in [-0.3, -0.25) is 9.10 Å². The predicted molar refractivity (Wildman–Crippen MR) is 125 cm³/mol. The maximum Gasteiger partial charge on any atom is 0.338 e. The van der Waals surface area contributed by atoms with Crippen LogP contribution in [0.15, 0.2) is 77.7 Å². The summed E-state index contributed by atoms with van der Waals surface area (Å²) in [5.74, 6) is -0.882. The maximum absolute atomic E-state index is 13.0. The van der Waals surface area contributed by atoms with E-state index in [1.54, 1.807) is 48.5 Å². The van der Waals surface area contributed by atoms with Crippen molar-refractivity contribution in [1.29, 1.82) is 0 Å². The van der Waals surface area contributed by atoms with Gasteiger partial charge in [0.15, 0.2) is 6.61 Å². The summed E-state index contributed by atoms with van der Waals surface area (Å²) in [6.45, 7) is -0.502. The number of rotatable bonds is 8. The van der Waals surface area contributed by atoms with Gasteiger partial charge in [-0.1, -0.05) is 23.7 Å². The van der Waals surface area contributed by atoms with E-state index in [1.807, 2.05) is 0 Å². The number of para-hydroxylation sites is 2. The van der Waals surface area contributed by atoms with Gasteiger partial charge in [0.2, 0.25) is 0 Å². The first kappa shape index (κ1) is 24.1. The quantitative estimate of drug-likeness (QED) is 0.481. The molecule has 0 unspecified atom stereocenters. The van der Waals surface area contributed by atoms with Gasteiger partial charge in [0.25, 0.3) is 15.9 Å². The molecule has 3 aromatic rings. The number of nitrogens with one attached hydrogen (secondary N) is 1. The summed E-state index contributed by atoms with van der Waals surface area (Å²) in [4.78, 5) is 24.2. The molecule has 0 aliphatic rings. The number of halogens is 1. The number of amides is 1. The van der Waals surface area contributed by atoms with Gasteiger partial charge < -0.3 is 14.8 Å². The van der Waals surface area contributed by atoms with Crippen molar-refractivity contribution in [2.24, 2.45) is 0 Å². The molecule has 0 aliphatic carbocycles. The first-order chi connectivity index (χ1) is 15.7. The van der Waals surface area contributed by atoms with Crippen molar-refractivity contribution in [3.63, 3.8) is 0 Å². The highest BCUT2D eigenvalue weighted by Gasteiger charge is 2.24. The topological polar surface area (TPSA) is 102 Å². The van der Waals surface area contributed by atoms with Crippen LogP contribution in [0.3, 0.4) is 0 Å². The molecule has 0 aromatic heterocycles. The molecule has 33 heavy (non-hydrogen) atoms. The number of anilines is 2. The van der Waals surface area contributed by atoms with Crippen molar-refractivity contribution >= 4 is 44.9 Å². The number of hydrogen-bond donors (Lipinski definition) is 1. The van der Waals surface area contributed by atoms with Gasteiger partial charge in [-0.05, 0) is 60.7 Å². The maximum atomic E-state index is 13.0. The third-order valence-electron chi connectivity index (χ3n) is 4.64. The summed E-state index contributed by atoms with van der Waals surface area (Å²) in [6, 6.07) is 18.4. The second-order valence-electron chi connectivity index (χ2n) is 6.80. The molecule has 0 bridgehead atoms. The zero-order chi connectivity index (χ0) is 24.0. The fourth-order valence-corrected chi connectivity index (χ4v) is 4.22. The molecule has 0 radical (unpaired) electrons. The van der Waals surface area contributed by atoms with Crippen molar-refractivity contribution in [1.82, 2.24) is 0 Å². The monoisotopic (exact) mass is 488 g/mol. The van der Waals surface area contributed by atoms with E-state index in [1.165, 1.54) is 38.4 Å². The Balaban J connectivity index is 1.64. The van der Waals surface area contributed by atoms with Gasteiger partial charge >= 0.3 is 5.97 Å². The van der Waals surface area contributed by atoms with Crippen LogP contribution >= 0.6 is 11.6 Å². The normalized spacial score (nSPS) is 10.9. The van der Waals surface area contributed by atoms with Gasteiger partial charge in [0, 0.05) is 17.8 Å². The van der Waals surface area contributed by atoms with Crippen molar-refractivity contribution in [3.05, 3.63) is 83.4 Å². The van der Waals surface area contributed by atoms with Crippen LogP contribution in [-0.2, 0) is 19.6 Å². The Kier molecular flexibility index (Phi) is 7.57. The molecule has 10 heteroatoms. The number of carbonyl (C=O) groups excluding carboxylic acids is 2. The van der Waals surface area contributed by atoms with Gasteiger partial charge in [-0.2, -0.15) is 0 Å². The van der Waals surface area contributed by atoms with E-state index in [4.69, 9.17) is 21.1 Å². The Morgan fingerprint density at radius 1 is 0.970 bits per heavy atom. The second-order valence-corrected chi connectivity index (χ2v) is 9.21. The third-order valence-corrected chi connectivity index (χ3v) is 6.67. The molecule has 0 fully saturated rings. The molecule has 8 nitrogen and oxygen atoms in total. The van der Waals surface area contributed by atoms with E-state index in [0.717, 1.165) is 4.31 Å². The summed E-state index contributed by atoms with van der Waals surface area (Å²) < 4.78 is 37.3. The summed E-state index contributed by atoms with van der Waals surface area (Å²) in [7, 11) is -1.04. The molecule has 3 rings (SSSR count). The summed E-state index contributed by atoms with van der Waals surface area (Å²) in [5, 5.41) is 3.10. The Morgan fingerprint density at radius 2 is 1.61 bits per heavy atom. The van der Waals surface area contributed by atoms with Crippen LogP contribution in [0.1, 0.15) is 10.4 Å². The average Bonchev–Trinajstić information content (AvgIpc) is 2.83. The highest BCUT2D eigenvalue weighted by molar-refractivity contribution is 7.92. The van der Waals surface area contributed by atoms with E-state index < -0.39 is 28.5 Å². The Bertz CT molecular complexity index is 1240. The van der Waals surface area contributed by atoms with E-state index in [9.17, 15) is 18.0 Å². The number of carbonyl (C=O) groups is 2. The Hall–Kier alpha value is -3.56. The highest BCUT2D eigenvalue weighted by atomic mass is 35.5. The number of benzene rings is 3. The molecule has 172 valence electrons. The second kappa shape index (κ2) is 10.4. The molecular weight excluding hydrogens is 468 g/mol. The lowest BCUT2D eigenvalue weighted by Gasteiger charge is -2.21. The zero-order valence-corrected chi connectivity index (χ0v) is 19.4. The minimum absolute atomic E-state index is 0.0204. The smallest absolute Gasteiger partial charge is 0.338 e. The lowest BCUT2D eigenvalue weighted by atomic mass is 10.2. The van der Waals surface area contributed by atoms with E-state index >= 15 is 0 Å². The lowest BCUT2D eigenvalue weighted by molar-refractivity contribution is -0.119. The van der Waals surface area contributed by atoms with Crippen molar-refractivity contribution in [2.75, 3.05) is 30.4 Å². The average molecular weight is 489 g/mol. The molecule has 0 spiro atoms. The lowest BCUT2D eigenvalue weighted by Crippen LogP contribution is -2.27. The SMILES string of the molecule is COc1ccccc1N(C)S(=O)(=O)c1ccc(C(=O)OCC(=O)Nc2ccc(Cl)cc2)cc1. The summed E-state index contributed by atoms with van der Waals surface area (Å²) >= 11 is 5.79. The van der Waals surface area contributed by atoms with E-state index in [-0.39, 0.29) is 10.5 Å². The van der Waals surface area contributed by atoms with Gasteiger partial charge in [0.05, 0.1) is 23.3 Å². The number of hydrogen-bond acceptors (Lipinski definition) is 6. The van der Waals surface area contributed by atoms with E-state index in [2.05, 4.69) is 5.32 Å². The minimum atomic E-state index is -3.90. The van der Waals surface area contributed by atoms with Gasteiger partial charge in [-0.25, -0.2) is 13.2 Å². The Morgan fingerprint density at radius 3 is 2.24 bits per heavy atom. The van der Waals surface area contributed by atoms with Crippen LogP contribution in [0.4, 0.5) is 11.4 Å². The first-order valence-corrected chi connectivity index (χ1v) is 11.5. The van der Waals surface area contributed by atoms with Crippen LogP contribution in [0.25, 0.3) is 0 Å². The van der Waals surface area contributed by atoms with Crippen LogP contribution in [0, 0.1) is 0 Å². The molecular formula is C23H21ClN2O6S. The van der Waals surface area contributed by atoms with Crippen molar-refractivity contribution in [2.45, 2.75) is 4.90 Å². The number of methoxy groups -OCH3 is 1. The molecule has 0 saturated carbocycles. The van der Waals surface area contributed by atoms with Crippen LogP contribution in [-0.4, -0.2) is 41.1 Å². The number of sulfonamides is 1. The number of nitrogens with zero attached hydrogens (tertiary/aromatic N) is 1. The minimum Gasteiger partial charge on any atom is -0.495 e. The van der Waals surface area contributed by atoms with Gasteiger partial charge in [0.1, 0.15) is 5.75 Å². The molecule has 0 aliphatic heterocycles. The molecule has 1 N–H and O–H groups in total. The fraction of sp³-hybridized carbons (Fsp3) is 0.130. The molecule has 0 atom stereocenters. The van der Waals surface area contributed by atoms with Crippen LogP contribution in [0.5, 0.6) is 5.75 Å². The molecule has 0 saturated heterocycles. The zero-order valence-electron chi connectivity index (χ0n) is 17.8. The number of ether oxygens (including phenoxy) is 2. The first-order valence-electron chi connectivity index (χ1n) is 9.67. The van der Waals surface area contributed by atoms with Crippen molar-refractivity contribution in [3.8, 4) is 5.75 Å². The van der Waals surface area contributed by atoms with E-state index in [0.29, 0.717) is 22.1 Å².